The van der Waals surface area contributed by atoms with Gasteiger partial charge in [-0.15, -0.1) is 0 Å². The van der Waals surface area contributed by atoms with Crippen molar-refractivity contribution in [3.8, 4) is 0 Å². The van der Waals surface area contributed by atoms with Gasteiger partial charge in [-0.25, -0.2) is 4.79 Å². The van der Waals surface area contributed by atoms with E-state index in [4.69, 9.17) is 4.74 Å². The van der Waals surface area contributed by atoms with Gasteiger partial charge in [0.15, 0.2) is 0 Å². The molecule has 1 saturated carbocycles. The van der Waals surface area contributed by atoms with Crippen LogP contribution in [0.15, 0.2) is 0 Å². The maximum Gasteiger partial charge on any atom is 0.407 e. The molecule has 0 aromatic carbocycles. The third kappa shape index (κ3) is 9.54. The van der Waals surface area contributed by atoms with Crippen molar-refractivity contribution < 1.29 is 9.53 Å². The van der Waals surface area contributed by atoms with Gasteiger partial charge in [0.25, 0.3) is 0 Å². The maximum absolute atomic E-state index is 11.9. The van der Waals surface area contributed by atoms with Gasteiger partial charge in [-0.05, 0) is 42.4 Å². The molecule has 1 N–H and O–H groups in total. The molecule has 3 nitrogen and oxygen atoms in total. The first kappa shape index (κ1) is 21.3. The Morgan fingerprint density at radius 2 is 1.71 bits per heavy atom. The van der Waals surface area contributed by atoms with Gasteiger partial charge in [-0.2, -0.15) is 0 Å². The van der Waals surface area contributed by atoms with Crippen LogP contribution < -0.4 is 5.32 Å². The number of carbonyl (C=O) groups is 1. The van der Waals surface area contributed by atoms with Crippen molar-refractivity contribution in [3.63, 3.8) is 0 Å². The van der Waals surface area contributed by atoms with Gasteiger partial charge in [0.05, 0.1) is 6.61 Å². The van der Waals surface area contributed by atoms with Gasteiger partial charge < -0.3 is 10.1 Å². The number of hydrogen-bond acceptors (Lipinski definition) is 2. The van der Waals surface area contributed by atoms with Gasteiger partial charge in [0, 0.05) is 6.54 Å². The fourth-order valence-electron chi connectivity index (χ4n) is 4.16. The fourth-order valence-corrected chi connectivity index (χ4v) is 4.16. The monoisotopic (exact) mass is 339 g/mol. The Kier molecular flexibility index (Phi) is 9.15. The summed E-state index contributed by atoms with van der Waals surface area (Å²) in [5.41, 5.74) is 0.616. The van der Waals surface area contributed by atoms with E-state index in [9.17, 15) is 4.79 Å². The normalized spacial score (nSPS) is 23.2. The predicted molar refractivity (Wildman–Crippen MR) is 102 cm³/mol. The van der Waals surface area contributed by atoms with E-state index in [0.29, 0.717) is 12.0 Å². The molecule has 24 heavy (non-hydrogen) atoms. The van der Waals surface area contributed by atoms with Crippen molar-refractivity contribution in [1.82, 2.24) is 5.32 Å². The Labute approximate surface area is 150 Å². The lowest BCUT2D eigenvalue weighted by atomic mass is 9.64. The largest absolute Gasteiger partial charge is 0.450 e. The van der Waals surface area contributed by atoms with Crippen LogP contribution in [0, 0.1) is 16.7 Å². The minimum atomic E-state index is -0.237. The second-order valence-corrected chi connectivity index (χ2v) is 9.44. The van der Waals surface area contributed by atoms with Crippen LogP contribution in [0.3, 0.4) is 0 Å². The van der Waals surface area contributed by atoms with Crippen molar-refractivity contribution in [2.75, 3.05) is 13.2 Å². The number of ether oxygens (including phenoxy) is 1. The van der Waals surface area contributed by atoms with Crippen LogP contribution in [0.1, 0.15) is 98.8 Å². The molecule has 1 aliphatic rings. The minimum absolute atomic E-state index is 0.219. The van der Waals surface area contributed by atoms with E-state index in [1.807, 2.05) is 0 Å². The van der Waals surface area contributed by atoms with E-state index >= 15 is 0 Å². The molecule has 0 aliphatic heterocycles. The molecule has 0 saturated heterocycles. The first-order valence-electron chi connectivity index (χ1n) is 10.1. The van der Waals surface area contributed by atoms with Gasteiger partial charge in [-0.1, -0.05) is 73.1 Å². The maximum atomic E-state index is 11.9. The molecule has 1 atom stereocenters. The number of carbonyl (C=O) groups excluding carboxylic acids is 1. The first-order chi connectivity index (χ1) is 11.2. The van der Waals surface area contributed by atoms with E-state index < -0.39 is 0 Å². The Balaban J connectivity index is 2.04. The second kappa shape index (κ2) is 10.3. The molecule has 1 fully saturated rings. The highest BCUT2D eigenvalue weighted by atomic mass is 16.5. The fraction of sp³-hybridized carbons (Fsp3) is 0.952. The molecule has 142 valence electrons. The summed E-state index contributed by atoms with van der Waals surface area (Å²) >= 11 is 0. The van der Waals surface area contributed by atoms with Crippen molar-refractivity contribution in [3.05, 3.63) is 0 Å². The van der Waals surface area contributed by atoms with Crippen LogP contribution in [0.4, 0.5) is 4.79 Å². The van der Waals surface area contributed by atoms with E-state index in [1.54, 1.807) is 0 Å². The summed E-state index contributed by atoms with van der Waals surface area (Å²) in [4.78, 5) is 11.9. The molecule has 0 aromatic rings. The van der Waals surface area contributed by atoms with Crippen molar-refractivity contribution >= 4 is 6.09 Å². The highest BCUT2D eigenvalue weighted by molar-refractivity contribution is 5.67. The molecule has 0 heterocycles. The number of amides is 1. The predicted octanol–water partition coefficient (Wildman–Crippen LogP) is 6.32. The molecular weight excluding hydrogens is 298 g/mol. The van der Waals surface area contributed by atoms with Crippen LogP contribution >= 0.6 is 0 Å². The Morgan fingerprint density at radius 3 is 2.38 bits per heavy atom. The molecule has 0 aromatic heterocycles. The lowest BCUT2D eigenvalue weighted by Crippen LogP contribution is -2.41. The molecule has 1 unspecified atom stereocenters. The Bertz CT molecular complexity index is 365. The topological polar surface area (TPSA) is 38.3 Å². The smallest absolute Gasteiger partial charge is 0.407 e. The average Bonchev–Trinajstić information content (AvgIpc) is 2.46. The zero-order valence-corrected chi connectivity index (χ0v) is 16.9. The van der Waals surface area contributed by atoms with E-state index in [1.165, 1.54) is 51.4 Å². The summed E-state index contributed by atoms with van der Waals surface area (Å²) in [6, 6.07) is 0. The van der Waals surface area contributed by atoms with Crippen LogP contribution in [-0.2, 0) is 4.74 Å². The standard InChI is InChI=1S/C21H41NO2/c1-18(2)12-9-7-6-8-10-15-24-19(23)22-17-21(5)14-11-13-20(3,4)16-21/h18H,6-17H2,1-5H3,(H,22,23). The number of hydrogen-bond donors (Lipinski definition) is 1. The Morgan fingerprint density at radius 1 is 1.04 bits per heavy atom. The van der Waals surface area contributed by atoms with Crippen molar-refractivity contribution in [2.24, 2.45) is 16.7 Å². The van der Waals surface area contributed by atoms with Gasteiger partial charge in [-0.3, -0.25) is 0 Å². The average molecular weight is 340 g/mol. The second-order valence-electron chi connectivity index (χ2n) is 9.44. The van der Waals surface area contributed by atoms with Crippen LogP contribution in [0.5, 0.6) is 0 Å². The lowest BCUT2D eigenvalue weighted by molar-refractivity contribution is 0.0903. The van der Waals surface area contributed by atoms with Crippen molar-refractivity contribution in [2.45, 2.75) is 98.8 Å². The lowest BCUT2D eigenvalue weighted by Gasteiger charge is -2.42. The zero-order valence-electron chi connectivity index (χ0n) is 16.9. The summed E-state index contributed by atoms with van der Waals surface area (Å²) in [6.07, 6.45) is 12.1. The number of nitrogens with one attached hydrogen (secondary N) is 1. The molecule has 0 spiro atoms. The van der Waals surface area contributed by atoms with Crippen LogP contribution in [0.25, 0.3) is 0 Å². The van der Waals surface area contributed by atoms with Crippen LogP contribution in [0.2, 0.25) is 0 Å². The highest BCUT2D eigenvalue weighted by Gasteiger charge is 2.36. The molecule has 0 bridgehead atoms. The third-order valence-corrected chi connectivity index (χ3v) is 5.36. The number of alkyl carbamates (subject to hydrolysis) is 1. The van der Waals surface area contributed by atoms with Crippen LogP contribution in [-0.4, -0.2) is 19.2 Å². The van der Waals surface area contributed by atoms with Gasteiger partial charge in [0.1, 0.15) is 0 Å². The quantitative estimate of drug-likeness (QED) is 0.473. The Hall–Kier alpha value is -0.730. The van der Waals surface area contributed by atoms with E-state index in [0.717, 1.165) is 25.3 Å². The van der Waals surface area contributed by atoms with Gasteiger partial charge >= 0.3 is 6.09 Å². The summed E-state index contributed by atoms with van der Waals surface area (Å²) < 4.78 is 5.32. The summed E-state index contributed by atoms with van der Waals surface area (Å²) in [5.74, 6) is 0.814. The molecule has 1 rings (SSSR count). The third-order valence-electron chi connectivity index (χ3n) is 5.36. The van der Waals surface area contributed by atoms with Crippen molar-refractivity contribution in [1.29, 1.82) is 0 Å². The zero-order chi connectivity index (χ0) is 18.1. The molecular formula is C21H41NO2. The summed E-state index contributed by atoms with van der Waals surface area (Å²) in [7, 11) is 0. The number of rotatable bonds is 10. The minimum Gasteiger partial charge on any atom is -0.450 e. The first-order valence-corrected chi connectivity index (χ1v) is 10.1. The molecule has 0 radical (unpaired) electrons. The van der Waals surface area contributed by atoms with Gasteiger partial charge in [0.2, 0.25) is 0 Å². The highest BCUT2D eigenvalue weighted by Crippen LogP contribution is 2.45. The SMILES string of the molecule is CC(C)CCCCCCCOC(=O)NCC1(C)CCCC(C)(C)C1. The number of unbranched alkanes of at least 4 members (excludes halogenated alkanes) is 4. The summed E-state index contributed by atoms with van der Waals surface area (Å²) in [6.45, 7) is 12.8. The van der Waals surface area contributed by atoms with E-state index in [2.05, 4.69) is 39.9 Å². The molecule has 1 aliphatic carbocycles. The van der Waals surface area contributed by atoms with E-state index in [-0.39, 0.29) is 11.5 Å². The summed E-state index contributed by atoms with van der Waals surface area (Å²) in [5, 5.41) is 2.99. The molecule has 3 heteroatoms. The molecule has 1 amide bonds.